The van der Waals surface area contributed by atoms with E-state index < -0.39 is 0 Å². The van der Waals surface area contributed by atoms with Gasteiger partial charge in [-0.2, -0.15) is 0 Å². The zero-order valence-corrected chi connectivity index (χ0v) is 7.93. The van der Waals surface area contributed by atoms with Gasteiger partial charge in [0.1, 0.15) is 0 Å². The topological polar surface area (TPSA) is 58.2 Å². The van der Waals surface area contributed by atoms with Crippen molar-refractivity contribution in [2.75, 3.05) is 6.54 Å². The summed E-state index contributed by atoms with van der Waals surface area (Å²) in [4.78, 5) is 21.9. The standard InChI is InChI=1S/C9H16N2O2/c1-2-3-8(12)10-6-7-4-5-9(13)11-7/h7H,2-6H2,1H3,(H,10,12)(H,11,13). The Labute approximate surface area is 78.1 Å². The van der Waals surface area contributed by atoms with Gasteiger partial charge in [0.05, 0.1) is 0 Å². The lowest BCUT2D eigenvalue weighted by atomic mass is 10.2. The van der Waals surface area contributed by atoms with E-state index in [1.54, 1.807) is 0 Å². The molecule has 4 heteroatoms. The zero-order chi connectivity index (χ0) is 9.68. The minimum Gasteiger partial charge on any atom is -0.354 e. The molecule has 0 bridgehead atoms. The van der Waals surface area contributed by atoms with Crippen molar-refractivity contribution in [3.05, 3.63) is 0 Å². The van der Waals surface area contributed by atoms with Crippen LogP contribution in [0.15, 0.2) is 0 Å². The maximum atomic E-state index is 11.1. The van der Waals surface area contributed by atoms with Crippen molar-refractivity contribution in [3.63, 3.8) is 0 Å². The highest BCUT2D eigenvalue weighted by Crippen LogP contribution is 2.04. The lowest BCUT2D eigenvalue weighted by Gasteiger charge is -2.10. The predicted molar refractivity (Wildman–Crippen MR) is 49.1 cm³/mol. The first-order chi connectivity index (χ1) is 6.22. The van der Waals surface area contributed by atoms with Crippen molar-refractivity contribution in [2.24, 2.45) is 0 Å². The Balaban J connectivity index is 2.12. The van der Waals surface area contributed by atoms with Crippen LogP contribution in [-0.2, 0) is 9.59 Å². The van der Waals surface area contributed by atoms with Crippen LogP contribution in [0.2, 0.25) is 0 Å². The highest BCUT2D eigenvalue weighted by molar-refractivity contribution is 5.79. The third-order valence-electron chi connectivity index (χ3n) is 2.11. The van der Waals surface area contributed by atoms with Crippen LogP contribution in [0.5, 0.6) is 0 Å². The van der Waals surface area contributed by atoms with Crippen molar-refractivity contribution in [1.82, 2.24) is 10.6 Å². The molecule has 1 aliphatic rings. The molecule has 0 aromatic rings. The molecular formula is C9H16N2O2. The molecule has 1 fully saturated rings. The third-order valence-corrected chi connectivity index (χ3v) is 2.11. The van der Waals surface area contributed by atoms with Crippen molar-refractivity contribution in [3.8, 4) is 0 Å². The molecular weight excluding hydrogens is 168 g/mol. The third kappa shape index (κ3) is 3.44. The molecule has 1 unspecified atom stereocenters. The number of hydrogen-bond donors (Lipinski definition) is 2. The molecule has 0 saturated carbocycles. The van der Waals surface area contributed by atoms with E-state index in [2.05, 4.69) is 10.6 Å². The van der Waals surface area contributed by atoms with Crippen molar-refractivity contribution in [1.29, 1.82) is 0 Å². The number of hydrogen-bond acceptors (Lipinski definition) is 2. The second kappa shape index (κ2) is 4.84. The van der Waals surface area contributed by atoms with Gasteiger partial charge in [0.25, 0.3) is 0 Å². The van der Waals surface area contributed by atoms with Crippen LogP contribution >= 0.6 is 0 Å². The van der Waals surface area contributed by atoms with Gasteiger partial charge in [-0.25, -0.2) is 0 Å². The van der Waals surface area contributed by atoms with E-state index in [1.165, 1.54) is 0 Å². The van der Waals surface area contributed by atoms with E-state index in [1.807, 2.05) is 6.92 Å². The van der Waals surface area contributed by atoms with Crippen LogP contribution in [-0.4, -0.2) is 24.4 Å². The lowest BCUT2D eigenvalue weighted by Crippen LogP contribution is -2.38. The summed E-state index contributed by atoms with van der Waals surface area (Å²) in [6, 6.07) is 0.147. The summed E-state index contributed by atoms with van der Waals surface area (Å²) in [6.07, 6.45) is 2.86. The Morgan fingerprint density at radius 1 is 1.69 bits per heavy atom. The van der Waals surface area contributed by atoms with Gasteiger partial charge in [-0.05, 0) is 12.8 Å². The molecule has 74 valence electrons. The Bertz CT molecular complexity index is 204. The van der Waals surface area contributed by atoms with Crippen LogP contribution in [0.25, 0.3) is 0 Å². The molecule has 0 radical (unpaired) electrons. The van der Waals surface area contributed by atoms with Crippen molar-refractivity contribution in [2.45, 2.75) is 38.6 Å². The molecule has 0 aromatic carbocycles. The maximum absolute atomic E-state index is 11.1. The van der Waals surface area contributed by atoms with Gasteiger partial charge in [0.15, 0.2) is 0 Å². The van der Waals surface area contributed by atoms with Crippen molar-refractivity contribution >= 4 is 11.8 Å². The SMILES string of the molecule is CCCC(=O)NCC1CCC(=O)N1. The van der Waals surface area contributed by atoms with E-state index in [0.29, 0.717) is 19.4 Å². The molecule has 1 aliphatic heterocycles. The number of nitrogens with one attached hydrogen (secondary N) is 2. The molecule has 0 spiro atoms. The number of carbonyl (C=O) groups is 2. The lowest BCUT2D eigenvalue weighted by molar-refractivity contribution is -0.122. The van der Waals surface area contributed by atoms with Gasteiger partial charge in [-0.15, -0.1) is 0 Å². The van der Waals surface area contributed by atoms with Crippen LogP contribution in [0.4, 0.5) is 0 Å². The molecule has 1 rings (SSSR count). The van der Waals surface area contributed by atoms with Crippen LogP contribution in [0, 0.1) is 0 Å². The fourth-order valence-corrected chi connectivity index (χ4v) is 1.38. The summed E-state index contributed by atoms with van der Waals surface area (Å²) in [7, 11) is 0. The van der Waals surface area contributed by atoms with E-state index in [4.69, 9.17) is 0 Å². The molecule has 1 atom stereocenters. The maximum Gasteiger partial charge on any atom is 0.220 e. The van der Waals surface area contributed by atoms with Gasteiger partial charge in [0, 0.05) is 25.4 Å². The van der Waals surface area contributed by atoms with E-state index in [9.17, 15) is 9.59 Å². The van der Waals surface area contributed by atoms with Gasteiger partial charge in [0.2, 0.25) is 11.8 Å². The smallest absolute Gasteiger partial charge is 0.220 e. The molecule has 1 saturated heterocycles. The average molecular weight is 184 g/mol. The van der Waals surface area contributed by atoms with E-state index >= 15 is 0 Å². The van der Waals surface area contributed by atoms with Crippen molar-refractivity contribution < 1.29 is 9.59 Å². The number of rotatable bonds is 4. The van der Waals surface area contributed by atoms with E-state index in [0.717, 1.165) is 12.8 Å². The highest BCUT2D eigenvalue weighted by Gasteiger charge is 2.20. The predicted octanol–water partition coefficient (Wildman–Crippen LogP) is 0.181. The minimum absolute atomic E-state index is 0.0728. The number of amides is 2. The summed E-state index contributed by atoms with van der Waals surface area (Å²) >= 11 is 0. The summed E-state index contributed by atoms with van der Waals surface area (Å²) in [5, 5.41) is 5.59. The van der Waals surface area contributed by atoms with Crippen LogP contribution in [0.3, 0.4) is 0 Å². The second-order valence-electron chi connectivity index (χ2n) is 3.36. The molecule has 2 amide bonds. The molecule has 4 nitrogen and oxygen atoms in total. The Morgan fingerprint density at radius 3 is 3.00 bits per heavy atom. The Morgan fingerprint density at radius 2 is 2.46 bits per heavy atom. The van der Waals surface area contributed by atoms with Crippen LogP contribution in [0.1, 0.15) is 32.6 Å². The summed E-state index contributed by atoms with van der Waals surface area (Å²) in [6.45, 7) is 2.54. The highest BCUT2D eigenvalue weighted by atomic mass is 16.2. The van der Waals surface area contributed by atoms with Gasteiger partial charge < -0.3 is 10.6 Å². The molecule has 13 heavy (non-hydrogen) atoms. The summed E-state index contributed by atoms with van der Waals surface area (Å²) in [5.41, 5.74) is 0. The Hall–Kier alpha value is -1.06. The molecule has 0 aromatic heterocycles. The summed E-state index contributed by atoms with van der Waals surface area (Å²) < 4.78 is 0. The second-order valence-corrected chi connectivity index (χ2v) is 3.36. The largest absolute Gasteiger partial charge is 0.354 e. The quantitative estimate of drug-likeness (QED) is 0.655. The minimum atomic E-state index is 0.0728. The first-order valence-electron chi connectivity index (χ1n) is 4.78. The molecule has 2 N–H and O–H groups in total. The Kier molecular flexibility index (Phi) is 3.73. The number of carbonyl (C=O) groups excluding carboxylic acids is 2. The first-order valence-corrected chi connectivity index (χ1v) is 4.78. The fourth-order valence-electron chi connectivity index (χ4n) is 1.38. The summed E-state index contributed by atoms with van der Waals surface area (Å²) in [5.74, 6) is 0.165. The van der Waals surface area contributed by atoms with Gasteiger partial charge >= 0.3 is 0 Å². The zero-order valence-electron chi connectivity index (χ0n) is 7.93. The van der Waals surface area contributed by atoms with Gasteiger partial charge in [-0.3, -0.25) is 9.59 Å². The normalized spacial score (nSPS) is 21.3. The molecule has 1 heterocycles. The molecule has 0 aliphatic carbocycles. The van der Waals surface area contributed by atoms with Crippen LogP contribution < -0.4 is 10.6 Å². The van der Waals surface area contributed by atoms with Gasteiger partial charge in [-0.1, -0.05) is 6.92 Å². The van der Waals surface area contributed by atoms with E-state index in [-0.39, 0.29) is 17.9 Å². The average Bonchev–Trinajstić information content (AvgIpc) is 2.49. The monoisotopic (exact) mass is 184 g/mol. The fraction of sp³-hybridized carbons (Fsp3) is 0.778. The first kappa shape index (κ1) is 10.0.